The van der Waals surface area contributed by atoms with E-state index in [0.717, 1.165) is 22.7 Å². The van der Waals surface area contributed by atoms with Gasteiger partial charge in [-0.3, -0.25) is 9.20 Å². The first-order chi connectivity index (χ1) is 12.0. The fourth-order valence-electron chi connectivity index (χ4n) is 3.05. The van der Waals surface area contributed by atoms with E-state index in [4.69, 9.17) is 16.3 Å². The molecule has 0 bridgehead atoms. The number of carbonyl (C=O) groups excluding carboxylic acids is 1. The highest BCUT2D eigenvalue weighted by Crippen LogP contribution is 2.27. The lowest BCUT2D eigenvalue weighted by molar-refractivity contribution is 0.0719. The zero-order chi connectivity index (χ0) is 17.6. The molecule has 2 aromatic heterocycles. The second-order valence-corrected chi connectivity index (χ2v) is 6.46. The summed E-state index contributed by atoms with van der Waals surface area (Å²) in [4.78, 5) is 19.1. The van der Waals surface area contributed by atoms with Crippen molar-refractivity contribution < 1.29 is 9.53 Å². The van der Waals surface area contributed by atoms with Crippen LogP contribution < -0.4 is 4.74 Å². The third kappa shape index (κ3) is 2.80. The lowest BCUT2D eigenvalue weighted by Gasteiger charge is -2.19. The van der Waals surface area contributed by atoms with Crippen LogP contribution in [0.5, 0.6) is 5.75 Å². The molecule has 0 saturated carbocycles. The van der Waals surface area contributed by atoms with E-state index < -0.39 is 0 Å². The van der Waals surface area contributed by atoms with Crippen LogP contribution in [-0.4, -0.2) is 43.5 Å². The Morgan fingerprint density at radius 2 is 2.08 bits per heavy atom. The van der Waals surface area contributed by atoms with Gasteiger partial charge in [-0.1, -0.05) is 11.6 Å². The molecule has 1 aromatic carbocycles. The summed E-state index contributed by atoms with van der Waals surface area (Å²) >= 11 is 6.08. The predicted molar refractivity (Wildman–Crippen MR) is 91.9 cm³/mol. The lowest BCUT2D eigenvalue weighted by Crippen LogP contribution is -2.34. The standard InChI is InChI=1S/C17H16ClN5O2/c1-10-7-11(2)23-15(20-21-17(23)19-10)16(24)22-5-6-25-14-4-3-13(18)8-12(14)9-22/h3-4,7-8H,5-6,9H2,1-2H3. The summed E-state index contributed by atoms with van der Waals surface area (Å²) in [5, 5.41) is 8.72. The van der Waals surface area contributed by atoms with Gasteiger partial charge in [0, 0.05) is 28.5 Å². The van der Waals surface area contributed by atoms with Crippen molar-refractivity contribution in [3.8, 4) is 5.75 Å². The Kier molecular flexibility index (Phi) is 3.80. The second kappa shape index (κ2) is 6.00. The maximum Gasteiger partial charge on any atom is 0.292 e. The van der Waals surface area contributed by atoms with Crippen LogP contribution in [0.4, 0.5) is 0 Å². The fourth-order valence-corrected chi connectivity index (χ4v) is 3.24. The first kappa shape index (κ1) is 15.8. The molecule has 3 heterocycles. The molecule has 0 aliphatic carbocycles. The molecule has 0 spiro atoms. The zero-order valence-corrected chi connectivity index (χ0v) is 14.6. The van der Waals surface area contributed by atoms with Crippen molar-refractivity contribution in [2.75, 3.05) is 13.2 Å². The van der Waals surface area contributed by atoms with Gasteiger partial charge in [-0.2, -0.15) is 0 Å². The van der Waals surface area contributed by atoms with E-state index in [-0.39, 0.29) is 11.7 Å². The average molecular weight is 358 g/mol. The van der Waals surface area contributed by atoms with Crippen LogP contribution in [-0.2, 0) is 6.54 Å². The minimum atomic E-state index is -0.210. The van der Waals surface area contributed by atoms with Crippen LogP contribution in [0, 0.1) is 13.8 Å². The first-order valence-electron chi connectivity index (χ1n) is 7.93. The van der Waals surface area contributed by atoms with Crippen molar-refractivity contribution in [1.29, 1.82) is 0 Å². The first-order valence-corrected chi connectivity index (χ1v) is 8.30. The number of carbonyl (C=O) groups is 1. The van der Waals surface area contributed by atoms with Gasteiger partial charge in [-0.05, 0) is 38.1 Å². The summed E-state index contributed by atoms with van der Waals surface area (Å²) in [7, 11) is 0. The van der Waals surface area contributed by atoms with Gasteiger partial charge in [0.25, 0.3) is 11.7 Å². The highest BCUT2D eigenvalue weighted by atomic mass is 35.5. The third-order valence-corrected chi connectivity index (χ3v) is 4.41. The summed E-state index contributed by atoms with van der Waals surface area (Å²) in [6.45, 7) is 5.06. The van der Waals surface area contributed by atoms with E-state index >= 15 is 0 Å². The van der Waals surface area contributed by atoms with Crippen molar-refractivity contribution in [2.24, 2.45) is 0 Å². The van der Waals surface area contributed by atoms with Gasteiger partial charge in [0.15, 0.2) is 0 Å². The number of rotatable bonds is 1. The molecule has 25 heavy (non-hydrogen) atoms. The monoisotopic (exact) mass is 357 g/mol. The lowest BCUT2D eigenvalue weighted by atomic mass is 10.2. The Hall–Kier alpha value is -2.67. The molecule has 0 N–H and O–H groups in total. The van der Waals surface area contributed by atoms with E-state index in [0.29, 0.717) is 30.5 Å². The molecule has 4 rings (SSSR count). The summed E-state index contributed by atoms with van der Waals surface area (Å²) in [5.41, 5.74) is 2.58. The zero-order valence-electron chi connectivity index (χ0n) is 13.9. The van der Waals surface area contributed by atoms with E-state index in [1.807, 2.05) is 32.0 Å². The third-order valence-electron chi connectivity index (χ3n) is 4.17. The predicted octanol–water partition coefficient (Wildman–Crippen LogP) is 2.43. The van der Waals surface area contributed by atoms with Gasteiger partial charge < -0.3 is 9.64 Å². The molecule has 0 atom stereocenters. The van der Waals surface area contributed by atoms with E-state index in [2.05, 4.69) is 15.2 Å². The van der Waals surface area contributed by atoms with Gasteiger partial charge in [-0.15, -0.1) is 10.2 Å². The number of ether oxygens (including phenoxy) is 1. The van der Waals surface area contributed by atoms with Crippen LogP contribution in [0.25, 0.3) is 5.78 Å². The minimum Gasteiger partial charge on any atom is -0.491 e. The second-order valence-electron chi connectivity index (χ2n) is 6.03. The summed E-state index contributed by atoms with van der Waals surface area (Å²) in [6.07, 6.45) is 0. The normalized spacial score (nSPS) is 14.1. The number of nitrogens with zero attached hydrogens (tertiary/aromatic N) is 5. The smallest absolute Gasteiger partial charge is 0.292 e. The Balaban J connectivity index is 1.72. The number of halogens is 1. The molecular weight excluding hydrogens is 342 g/mol. The number of hydrogen-bond donors (Lipinski definition) is 0. The number of aromatic nitrogens is 4. The van der Waals surface area contributed by atoms with Crippen molar-refractivity contribution in [3.63, 3.8) is 0 Å². The Morgan fingerprint density at radius 1 is 1.24 bits per heavy atom. The molecule has 7 nitrogen and oxygen atoms in total. The number of hydrogen-bond acceptors (Lipinski definition) is 5. The molecule has 128 valence electrons. The average Bonchev–Trinajstić information content (AvgIpc) is 2.87. The molecule has 0 saturated heterocycles. The van der Waals surface area contributed by atoms with Gasteiger partial charge in [0.05, 0.1) is 6.54 Å². The maximum absolute atomic E-state index is 13.0. The van der Waals surface area contributed by atoms with Crippen molar-refractivity contribution in [1.82, 2.24) is 24.5 Å². The topological polar surface area (TPSA) is 72.6 Å². The van der Waals surface area contributed by atoms with E-state index in [1.165, 1.54) is 0 Å². The van der Waals surface area contributed by atoms with Crippen LogP contribution in [0.2, 0.25) is 5.02 Å². The Morgan fingerprint density at radius 3 is 2.92 bits per heavy atom. The van der Waals surface area contributed by atoms with Gasteiger partial charge in [0.1, 0.15) is 12.4 Å². The van der Waals surface area contributed by atoms with Crippen molar-refractivity contribution in [3.05, 3.63) is 52.1 Å². The summed E-state index contributed by atoms with van der Waals surface area (Å²) in [6, 6.07) is 7.32. The molecule has 0 fully saturated rings. The summed E-state index contributed by atoms with van der Waals surface area (Å²) in [5.74, 6) is 1.22. The molecule has 0 radical (unpaired) electrons. The van der Waals surface area contributed by atoms with Crippen molar-refractivity contribution >= 4 is 23.3 Å². The van der Waals surface area contributed by atoms with E-state index in [9.17, 15) is 4.79 Å². The molecular formula is C17H16ClN5O2. The number of aryl methyl sites for hydroxylation is 2. The molecule has 8 heteroatoms. The Bertz CT molecular complexity index is 985. The highest BCUT2D eigenvalue weighted by Gasteiger charge is 2.26. The molecule has 1 aliphatic heterocycles. The van der Waals surface area contributed by atoms with Crippen LogP contribution in [0.1, 0.15) is 27.6 Å². The number of benzene rings is 1. The summed E-state index contributed by atoms with van der Waals surface area (Å²) < 4.78 is 7.40. The molecule has 3 aromatic rings. The minimum absolute atomic E-state index is 0.210. The van der Waals surface area contributed by atoms with Crippen LogP contribution >= 0.6 is 11.6 Å². The van der Waals surface area contributed by atoms with Crippen LogP contribution in [0.3, 0.4) is 0 Å². The molecule has 0 unspecified atom stereocenters. The Labute approximate surface area is 149 Å². The van der Waals surface area contributed by atoms with Crippen molar-refractivity contribution in [2.45, 2.75) is 20.4 Å². The largest absolute Gasteiger partial charge is 0.491 e. The maximum atomic E-state index is 13.0. The highest BCUT2D eigenvalue weighted by molar-refractivity contribution is 6.30. The molecule has 1 amide bonds. The number of amides is 1. The van der Waals surface area contributed by atoms with E-state index in [1.54, 1.807) is 15.4 Å². The van der Waals surface area contributed by atoms with Gasteiger partial charge in [0.2, 0.25) is 5.82 Å². The quantitative estimate of drug-likeness (QED) is 0.668. The fraction of sp³-hybridized carbons (Fsp3) is 0.294. The SMILES string of the molecule is Cc1cc(C)n2c(C(=O)N3CCOc4ccc(Cl)cc4C3)nnc2n1. The van der Waals surface area contributed by atoms with Gasteiger partial charge >= 0.3 is 0 Å². The van der Waals surface area contributed by atoms with Gasteiger partial charge in [-0.25, -0.2) is 4.98 Å². The van der Waals surface area contributed by atoms with Crippen LogP contribution in [0.15, 0.2) is 24.3 Å². The molecule has 1 aliphatic rings. The number of fused-ring (bicyclic) bond motifs is 2.